The number of guanidine groups is 1. The van der Waals surface area contributed by atoms with Gasteiger partial charge < -0.3 is 25.0 Å². The lowest BCUT2D eigenvalue weighted by molar-refractivity contribution is 0.123. The van der Waals surface area contributed by atoms with Gasteiger partial charge in [0.2, 0.25) is 0 Å². The lowest BCUT2D eigenvalue weighted by Gasteiger charge is -2.34. The number of aromatic nitrogens is 1. The molecule has 30 heavy (non-hydrogen) atoms. The zero-order valence-corrected chi connectivity index (χ0v) is 18.2. The maximum absolute atomic E-state index is 5.78. The van der Waals surface area contributed by atoms with Crippen molar-refractivity contribution in [2.45, 2.75) is 32.4 Å². The molecule has 0 unspecified atom stereocenters. The molecule has 2 heterocycles. The van der Waals surface area contributed by atoms with Crippen LogP contribution in [0.15, 0.2) is 47.5 Å². The van der Waals surface area contributed by atoms with Crippen molar-refractivity contribution in [1.82, 2.24) is 15.6 Å². The Balaban J connectivity index is 1.35. The molecule has 0 radical (unpaired) electrons. The fourth-order valence-electron chi connectivity index (χ4n) is 3.59. The van der Waals surface area contributed by atoms with E-state index in [9.17, 15) is 0 Å². The summed E-state index contributed by atoms with van der Waals surface area (Å²) in [7, 11) is 3.48. The molecule has 7 heteroatoms. The molecule has 0 amide bonds. The molecule has 2 N–H and O–H groups in total. The van der Waals surface area contributed by atoms with E-state index in [2.05, 4.69) is 37.6 Å². The van der Waals surface area contributed by atoms with Gasteiger partial charge in [0.05, 0.1) is 20.3 Å². The normalized spacial score (nSPS) is 15.2. The number of methoxy groups -OCH3 is 1. The second-order valence-electron chi connectivity index (χ2n) is 7.41. The van der Waals surface area contributed by atoms with E-state index in [1.54, 1.807) is 14.2 Å². The highest BCUT2D eigenvalue weighted by atomic mass is 16.5. The molecular formula is C23H33N5O2. The summed E-state index contributed by atoms with van der Waals surface area (Å²) in [4.78, 5) is 11.3. The van der Waals surface area contributed by atoms with Gasteiger partial charge in [-0.3, -0.25) is 4.99 Å². The number of hydrogen-bond donors (Lipinski definition) is 2. The second kappa shape index (κ2) is 11.4. The first-order chi connectivity index (χ1) is 14.7. The van der Waals surface area contributed by atoms with Crippen LogP contribution in [0.5, 0.6) is 5.75 Å². The summed E-state index contributed by atoms with van der Waals surface area (Å²) in [6, 6.07) is 14.5. The Hall–Kier alpha value is -2.80. The molecule has 1 fully saturated rings. The number of para-hydroxylation sites is 1. The molecule has 2 aromatic rings. The molecule has 1 aromatic heterocycles. The van der Waals surface area contributed by atoms with Crippen LogP contribution in [0.1, 0.15) is 24.1 Å². The summed E-state index contributed by atoms with van der Waals surface area (Å²) >= 11 is 0. The number of piperidine rings is 1. The Bertz CT molecular complexity index is 819. The minimum Gasteiger partial charge on any atom is -0.496 e. The largest absolute Gasteiger partial charge is 0.496 e. The number of ether oxygens (including phenoxy) is 2. The van der Waals surface area contributed by atoms with Gasteiger partial charge in [0.1, 0.15) is 11.6 Å². The molecule has 7 nitrogen and oxygen atoms in total. The number of pyridine rings is 1. The van der Waals surface area contributed by atoms with E-state index < -0.39 is 0 Å². The van der Waals surface area contributed by atoms with Crippen LogP contribution >= 0.6 is 0 Å². The Kier molecular flexibility index (Phi) is 8.32. The summed E-state index contributed by atoms with van der Waals surface area (Å²) in [5.41, 5.74) is 2.11. The summed E-state index contributed by atoms with van der Waals surface area (Å²) < 4.78 is 11.1. The van der Waals surface area contributed by atoms with Crippen LogP contribution in [0.4, 0.5) is 5.82 Å². The van der Waals surface area contributed by atoms with Crippen LogP contribution in [0.2, 0.25) is 0 Å². The summed E-state index contributed by atoms with van der Waals surface area (Å²) in [5, 5.41) is 6.87. The number of aliphatic imine (C=N–C) groups is 1. The van der Waals surface area contributed by atoms with E-state index in [1.165, 1.54) is 0 Å². The van der Waals surface area contributed by atoms with E-state index in [0.717, 1.165) is 54.7 Å². The molecule has 1 aromatic carbocycles. The van der Waals surface area contributed by atoms with Crippen LogP contribution < -0.4 is 20.3 Å². The topological polar surface area (TPSA) is 71.0 Å². The van der Waals surface area contributed by atoms with Crippen molar-refractivity contribution in [3.8, 4) is 5.75 Å². The van der Waals surface area contributed by atoms with Crippen molar-refractivity contribution in [1.29, 1.82) is 0 Å². The quantitative estimate of drug-likeness (QED) is 0.395. The fourth-order valence-corrected chi connectivity index (χ4v) is 3.59. The van der Waals surface area contributed by atoms with E-state index in [1.807, 2.05) is 37.3 Å². The number of benzene rings is 1. The standard InChI is InChI=1S/C23H33N5O2/c1-18-7-6-10-22(26-18)28-14-11-20(12-15-28)27-23(24-2)25-13-16-30-17-19-8-4-5-9-21(19)29-3/h4-10,20H,11-17H2,1-3H3,(H2,24,25,27). The van der Waals surface area contributed by atoms with Gasteiger partial charge >= 0.3 is 0 Å². The summed E-state index contributed by atoms with van der Waals surface area (Å²) in [6.07, 6.45) is 2.11. The molecule has 0 spiro atoms. The van der Waals surface area contributed by atoms with Gasteiger partial charge in [-0.05, 0) is 38.0 Å². The first-order valence-electron chi connectivity index (χ1n) is 10.5. The highest BCUT2D eigenvalue weighted by Crippen LogP contribution is 2.19. The van der Waals surface area contributed by atoms with E-state index >= 15 is 0 Å². The lowest BCUT2D eigenvalue weighted by atomic mass is 10.1. The van der Waals surface area contributed by atoms with Crippen LogP contribution in [0.25, 0.3) is 0 Å². The van der Waals surface area contributed by atoms with Crippen molar-refractivity contribution in [3.05, 3.63) is 53.7 Å². The third kappa shape index (κ3) is 6.35. The van der Waals surface area contributed by atoms with Gasteiger partial charge in [0, 0.05) is 44.0 Å². The van der Waals surface area contributed by atoms with Crippen LogP contribution in [-0.4, -0.2) is 57.4 Å². The van der Waals surface area contributed by atoms with Gasteiger partial charge in [0.15, 0.2) is 5.96 Å². The van der Waals surface area contributed by atoms with Crippen molar-refractivity contribution >= 4 is 11.8 Å². The van der Waals surface area contributed by atoms with E-state index in [0.29, 0.717) is 25.8 Å². The molecule has 3 rings (SSSR count). The van der Waals surface area contributed by atoms with Gasteiger partial charge in [0.25, 0.3) is 0 Å². The monoisotopic (exact) mass is 411 g/mol. The van der Waals surface area contributed by atoms with Crippen LogP contribution in [0.3, 0.4) is 0 Å². The Morgan fingerprint density at radius 3 is 2.70 bits per heavy atom. The van der Waals surface area contributed by atoms with Gasteiger partial charge in [-0.25, -0.2) is 4.98 Å². The van der Waals surface area contributed by atoms with E-state index in [4.69, 9.17) is 9.47 Å². The average molecular weight is 412 g/mol. The molecule has 1 aliphatic rings. The van der Waals surface area contributed by atoms with Gasteiger partial charge in [-0.15, -0.1) is 0 Å². The number of rotatable bonds is 8. The maximum atomic E-state index is 5.78. The predicted octanol–water partition coefficient (Wildman–Crippen LogP) is 2.75. The maximum Gasteiger partial charge on any atom is 0.191 e. The van der Waals surface area contributed by atoms with Crippen LogP contribution in [0, 0.1) is 6.92 Å². The smallest absolute Gasteiger partial charge is 0.191 e. The molecule has 1 aliphatic heterocycles. The molecule has 162 valence electrons. The zero-order chi connectivity index (χ0) is 21.2. The highest BCUT2D eigenvalue weighted by molar-refractivity contribution is 5.80. The van der Waals surface area contributed by atoms with Crippen LogP contribution in [-0.2, 0) is 11.3 Å². The van der Waals surface area contributed by atoms with E-state index in [-0.39, 0.29) is 0 Å². The van der Waals surface area contributed by atoms with Crippen molar-refractivity contribution in [2.24, 2.45) is 4.99 Å². The van der Waals surface area contributed by atoms with Crippen molar-refractivity contribution < 1.29 is 9.47 Å². The first kappa shape index (κ1) is 21.9. The summed E-state index contributed by atoms with van der Waals surface area (Å²) in [5.74, 6) is 2.75. The zero-order valence-electron chi connectivity index (χ0n) is 18.2. The number of anilines is 1. The fraction of sp³-hybridized carbons (Fsp3) is 0.478. The van der Waals surface area contributed by atoms with Gasteiger partial charge in [-0.1, -0.05) is 24.3 Å². The SMILES string of the molecule is CN=C(NCCOCc1ccccc1OC)NC1CCN(c2cccc(C)n2)CC1. The molecular weight excluding hydrogens is 378 g/mol. The van der Waals surface area contributed by atoms with Crippen molar-refractivity contribution in [3.63, 3.8) is 0 Å². The molecule has 0 saturated carbocycles. The third-order valence-electron chi connectivity index (χ3n) is 5.25. The second-order valence-corrected chi connectivity index (χ2v) is 7.41. The molecule has 0 aliphatic carbocycles. The predicted molar refractivity (Wildman–Crippen MR) is 121 cm³/mol. The minimum absolute atomic E-state index is 0.409. The van der Waals surface area contributed by atoms with Gasteiger partial charge in [-0.2, -0.15) is 0 Å². The molecule has 0 atom stereocenters. The Morgan fingerprint density at radius 1 is 1.17 bits per heavy atom. The first-order valence-corrected chi connectivity index (χ1v) is 10.5. The Morgan fingerprint density at radius 2 is 1.97 bits per heavy atom. The Labute approximate surface area is 179 Å². The summed E-state index contributed by atoms with van der Waals surface area (Å²) in [6.45, 7) is 5.84. The number of aryl methyl sites for hydroxylation is 1. The average Bonchev–Trinajstić information content (AvgIpc) is 2.78. The highest BCUT2D eigenvalue weighted by Gasteiger charge is 2.20. The number of hydrogen-bond acceptors (Lipinski definition) is 5. The van der Waals surface area contributed by atoms with Crippen molar-refractivity contribution in [2.75, 3.05) is 45.3 Å². The lowest BCUT2D eigenvalue weighted by Crippen LogP contribution is -2.49. The molecule has 1 saturated heterocycles. The number of nitrogens with zero attached hydrogens (tertiary/aromatic N) is 3. The third-order valence-corrected chi connectivity index (χ3v) is 5.25. The molecule has 0 bridgehead atoms. The minimum atomic E-state index is 0.409. The number of nitrogens with one attached hydrogen (secondary N) is 2.